The van der Waals surface area contributed by atoms with E-state index in [0.717, 1.165) is 11.1 Å². The molecule has 8 heteroatoms. The zero-order valence-electron chi connectivity index (χ0n) is 15.6. The Hall–Kier alpha value is -2.42. The number of nitrogens with zero attached hydrogens (tertiary/aromatic N) is 1. The summed E-state index contributed by atoms with van der Waals surface area (Å²) in [7, 11) is -3.92. The predicted octanol–water partition coefficient (Wildman–Crippen LogP) is 2.74. The van der Waals surface area contributed by atoms with Gasteiger partial charge in [-0.15, -0.1) is 0 Å². The van der Waals surface area contributed by atoms with Crippen LogP contribution in [0.5, 0.6) is 0 Å². The van der Waals surface area contributed by atoms with Gasteiger partial charge in [0.25, 0.3) is 10.1 Å². The average molecular weight is 405 g/mol. The summed E-state index contributed by atoms with van der Waals surface area (Å²) in [6.07, 6.45) is -0.520. The van der Waals surface area contributed by atoms with Gasteiger partial charge in [-0.05, 0) is 24.6 Å². The molecule has 0 aromatic heterocycles. The van der Waals surface area contributed by atoms with Crippen LogP contribution in [0.15, 0.2) is 59.5 Å². The topological polar surface area (TPSA) is 82.1 Å². The molecule has 0 aliphatic carbocycles. The monoisotopic (exact) mass is 405 g/mol. The van der Waals surface area contributed by atoms with E-state index in [1.54, 1.807) is 12.1 Å². The first-order chi connectivity index (χ1) is 13.5. The number of morpholine rings is 1. The molecule has 150 valence electrons. The van der Waals surface area contributed by atoms with Gasteiger partial charge in [0.1, 0.15) is 6.61 Å². The molecular weight excluding hydrogens is 382 g/mol. The first-order valence-corrected chi connectivity index (χ1v) is 10.4. The minimum atomic E-state index is -3.92. The highest BCUT2D eigenvalue weighted by atomic mass is 32.2. The van der Waals surface area contributed by atoms with E-state index in [1.807, 2.05) is 37.3 Å². The number of carbonyl (C=O) groups is 1. The molecule has 0 bridgehead atoms. The SMILES string of the molecule is Cc1ccc(S(=O)(=O)OC[C@@H]2COCCN2C(=O)OCc2ccccc2)cc1. The molecule has 2 aromatic carbocycles. The zero-order chi connectivity index (χ0) is 20.0. The van der Waals surface area contributed by atoms with Gasteiger partial charge in [0.15, 0.2) is 0 Å². The quantitative estimate of drug-likeness (QED) is 0.688. The summed E-state index contributed by atoms with van der Waals surface area (Å²) in [6.45, 7) is 2.68. The lowest BCUT2D eigenvalue weighted by Gasteiger charge is -2.34. The van der Waals surface area contributed by atoms with Crippen molar-refractivity contribution in [3.8, 4) is 0 Å². The zero-order valence-corrected chi connectivity index (χ0v) is 16.4. The molecule has 7 nitrogen and oxygen atoms in total. The predicted molar refractivity (Wildman–Crippen MR) is 102 cm³/mol. The molecule has 1 aliphatic rings. The smallest absolute Gasteiger partial charge is 0.410 e. The summed E-state index contributed by atoms with van der Waals surface area (Å²) in [5, 5.41) is 0. The summed E-state index contributed by atoms with van der Waals surface area (Å²) >= 11 is 0. The minimum absolute atomic E-state index is 0.0769. The molecule has 28 heavy (non-hydrogen) atoms. The maximum Gasteiger partial charge on any atom is 0.410 e. The standard InChI is InChI=1S/C20H23NO6S/c1-16-7-9-19(10-8-16)28(23,24)27-15-18-14-25-12-11-21(18)20(22)26-13-17-5-3-2-4-6-17/h2-10,18H,11-15H2,1H3/t18-/m0/s1. The van der Waals surface area contributed by atoms with E-state index in [2.05, 4.69) is 0 Å². The van der Waals surface area contributed by atoms with Crippen molar-refractivity contribution < 1.29 is 26.9 Å². The summed E-state index contributed by atoms with van der Waals surface area (Å²) in [4.78, 5) is 14.0. The van der Waals surface area contributed by atoms with Crippen LogP contribution in [0.2, 0.25) is 0 Å². The Balaban J connectivity index is 1.59. The van der Waals surface area contributed by atoms with Crippen molar-refractivity contribution in [2.45, 2.75) is 24.5 Å². The molecule has 0 radical (unpaired) electrons. The van der Waals surface area contributed by atoms with Crippen molar-refractivity contribution in [2.75, 3.05) is 26.4 Å². The molecular formula is C20H23NO6S. The van der Waals surface area contributed by atoms with E-state index < -0.39 is 22.3 Å². The molecule has 1 amide bonds. The van der Waals surface area contributed by atoms with E-state index >= 15 is 0 Å². The molecule has 1 atom stereocenters. The van der Waals surface area contributed by atoms with Gasteiger partial charge in [0, 0.05) is 6.54 Å². The molecule has 3 rings (SSSR count). The highest BCUT2D eigenvalue weighted by Crippen LogP contribution is 2.16. The van der Waals surface area contributed by atoms with Gasteiger partial charge in [-0.1, -0.05) is 48.0 Å². The van der Waals surface area contributed by atoms with Gasteiger partial charge in [-0.3, -0.25) is 9.08 Å². The number of benzene rings is 2. The van der Waals surface area contributed by atoms with E-state index in [1.165, 1.54) is 17.0 Å². The van der Waals surface area contributed by atoms with E-state index in [0.29, 0.717) is 13.2 Å². The lowest BCUT2D eigenvalue weighted by molar-refractivity contribution is -0.0232. The van der Waals surface area contributed by atoms with Crippen LogP contribution >= 0.6 is 0 Å². The maximum absolute atomic E-state index is 12.5. The number of aryl methyl sites for hydroxylation is 1. The van der Waals surface area contributed by atoms with Crippen LogP contribution in [0, 0.1) is 6.92 Å². The van der Waals surface area contributed by atoms with Gasteiger partial charge < -0.3 is 9.47 Å². The van der Waals surface area contributed by atoms with Gasteiger partial charge in [0.05, 0.1) is 30.8 Å². The molecule has 0 N–H and O–H groups in total. The summed E-state index contributed by atoms with van der Waals surface area (Å²) < 4.78 is 40.7. The first-order valence-electron chi connectivity index (χ1n) is 8.97. The summed E-state index contributed by atoms with van der Waals surface area (Å²) in [5.74, 6) is 0. The Morgan fingerprint density at radius 2 is 1.86 bits per heavy atom. The van der Waals surface area contributed by atoms with E-state index in [-0.39, 0.29) is 24.7 Å². The Bertz CT molecular complexity index is 883. The fourth-order valence-electron chi connectivity index (χ4n) is 2.78. The van der Waals surface area contributed by atoms with Crippen LogP contribution in [0.1, 0.15) is 11.1 Å². The molecule has 1 saturated heterocycles. The summed E-state index contributed by atoms with van der Waals surface area (Å²) in [6, 6.07) is 15.2. The third-order valence-electron chi connectivity index (χ3n) is 4.39. The van der Waals surface area contributed by atoms with Crippen molar-refractivity contribution in [3.63, 3.8) is 0 Å². The molecule has 2 aromatic rings. The Labute approximate surface area is 164 Å². The van der Waals surface area contributed by atoms with Crippen molar-refractivity contribution in [3.05, 3.63) is 65.7 Å². The second-order valence-electron chi connectivity index (χ2n) is 6.51. The number of rotatable bonds is 6. The highest BCUT2D eigenvalue weighted by Gasteiger charge is 2.30. The average Bonchev–Trinajstić information content (AvgIpc) is 2.72. The van der Waals surface area contributed by atoms with E-state index in [9.17, 15) is 13.2 Å². The van der Waals surface area contributed by atoms with Crippen molar-refractivity contribution >= 4 is 16.2 Å². The third kappa shape index (κ3) is 5.31. The van der Waals surface area contributed by atoms with E-state index in [4.69, 9.17) is 13.7 Å². The molecule has 0 spiro atoms. The van der Waals surface area contributed by atoms with Crippen LogP contribution in [0.4, 0.5) is 4.79 Å². The molecule has 1 fully saturated rings. The van der Waals surface area contributed by atoms with Gasteiger partial charge in [0.2, 0.25) is 0 Å². The van der Waals surface area contributed by atoms with Crippen LogP contribution in [-0.4, -0.2) is 51.8 Å². The minimum Gasteiger partial charge on any atom is -0.445 e. The molecule has 0 saturated carbocycles. The number of hydrogen-bond donors (Lipinski definition) is 0. The lowest BCUT2D eigenvalue weighted by atomic mass is 10.2. The fourth-order valence-corrected chi connectivity index (χ4v) is 3.72. The lowest BCUT2D eigenvalue weighted by Crippen LogP contribution is -2.51. The molecule has 1 aliphatic heterocycles. The van der Waals surface area contributed by atoms with Crippen molar-refractivity contribution in [1.82, 2.24) is 4.90 Å². The van der Waals surface area contributed by atoms with Crippen LogP contribution in [0.25, 0.3) is 0 Å². The Kier molecular flexibility index (Phi) is 6.66. The molecule has 1 heterocycles. The van der Waals surface area contributed by atoms with Gasteiger partial charge in [-0.25, -0.2) is 4.79 Å². The summed E-state index contributed by atoms with van der Waals surface area (Å²) in [5.41, 5.74) is 1.82. The van der Waals surface area contributed by atoms with Crippen LogP contribution in [0.3, 0.4) is 0 Å². The van der Waals surface area contributed by atoms with Gasteiger partial charge >= 0.3 is 6.09 Å². The van der Waals surface area contributed by atoms with Crippen molar-refractivity contribution in [1.29, 1.82) is 0 Å². The van der Waals surface area contributed by atoms with Gasteiger partial charge in [-0.2, -0.15) is 8.42 Å². The first kappa shape index (κ1) is 20.3. The normalized spacial score (nSPS) is 17.3. The maximum atomic E-state index is 12.5. The van der Waals surface area contributed by atoms with Crippen LogP contribution in [-0.2, 0) is 30.4 Å². The molecule has 0 unspecified atom stereocenters. The van der Waals surface area contributed by atoms with Crippen LogP contribution < -0.4 is 0 Å². The third-order valence-corrected chi connectivity index (χ3v) is 5.69. The highest BCUT2D eigenvalue weighted by molar-refractivity contribution is 7.86. The number of ether oxygens (including phenoxy) is 2. The largest absolute Gasteiger partial charge is 0.445 e. The second kappa shape index (κ2) is 9.18. The Morgan fingerprint density at radius 1 is 1.14 bits per heavy atom. The number of amides is 1. The number of hydrogen-bond acceptors (Lipinski definition) is 6. The Morgan fingerprint density at radius 3 is 2.57 bits per heavy atom. The number of carbonyl (C=O) groups excluding carboxylic acids is 1. The van der Waals surface area contributed by atoms with Crippen molar-refractivity contribution in [2.24, 2.45) is 0 Å². The fraction of sp³-hybridized carbons (Fsp3) is 0.350. The second-order valence-corrected chi connectivity index (χ2v) is 8.13.